The van der Waals surface area contributed by atoms with Crippen LogP contribution in [0.15, 0.2) is 0 Å². The van der Waals surface area contributed by atoms with Crippen LogP contribution in [0.3, 0.4) is 0 Å². The minimum absolute atomic E-state index is 0.0742. The first-order valence-electron chi connectivity index (χ1n) is 8.42. The number of fused-ring (bicyclic) bond motifs is 1. The van der Waals surface area contributed by atoms with Crippen LogP contribution in [-0.4, -0.2) is 64.8 Å². The molecule has 6 heteroatoms. The summed E-state index contributed by atoms with van der Waals surface area (Å²) in [7, 11) is 0. The van der Waals surface area contributed by atoms with Gasteiger partial charge in [-0.3, -0.25) is 14.4 Å². The summed E-state index contributed by atoms with van der Waals surface area (Å²) in [6, 6.07) is 0. The third-order valence-electron chi connectivity index (χ3n) is 4.60. The van der Waals surface area contributed by atoms with Gasteiger partial charge in [0.05, 0.1) is 13.2 Å². The van der Waals surface area contributed by atoms with Crippen LogP contribution in [-0.2, 0) is 24.3 Å². The molecule has 0 aromatic carbocycles. The lowest BCUT2D eigenvalue weighted by atomic mass is 10.1. The molecule has 0 saturated carbocycles. The van der Waals surface area contributed by atoms with Crippen molar-refractivity contribution in [1.82, 2.24) is 19.6 Å². The summed E-state index contributed by atoms with van der Waals surface area (Å²) in [6.45, 7) is 11.0. The minimum Gasteiger partial charge on any atom is -0.376 e. The third kappa shape index (κ3) is 2.90. The predicted molar refractivity (Wildman–Crippen MR) is 83.9 cm³/mol. The highest BCUT2D eigenvalue weighted by molar-refractivity contribution is 5.94. The molecule has 0 radical (unpaired) electrons. The molecule has 0 bridgehead atoms. The number of nitrogens with zero attached hydrogens (tertiary/aromatic N) is 4. The van der Waals surface area contributed by atoms with E-state index in [9.17, 15) is 4.79 Å². The highest BCUT2D eigenvalue weighted by Gasteiger charge is 2.29. The normalized spacial score (nSPS) is 19.3. The monoisotopic (exact) mass is 306 g/mol. The second-order valence-electron chi connectivity index (χ2n) is 6.03. The summed E-state index contributed by atoms with van der Waals surface area (Å²) in [5, 5.41) is 4.57. The van der Waals surface area contributed by atoms with Gasteiger partial charge < -0.3 is 9.64 Å². The van der Waals surface area contributed by atoms with E-state index in [0.29, 0.717) is 12.3 Å². The Labute approximate surface area is 132 Å². The Morgan fingerprint density at radius 3 is 2.68 bits per heavy atom. The van der Waals surface area contributed by atoms with Gasteiger partial charge in [-0.05, 0) is 19.9 Å². The molecular formula is C16H26N4O2. The molecular weight excluding hydrogens is 280 g/mol. The van der Waals surface area contributed by atoms with Crippen LogP contribution in [0.1, 0.15) is 42.0 Å². The SMILES string of the molecule is CCCN1CCN(C(=O)c2nn(CC)c3c2COCC3)CC1. The molecule has 3 rings (SSSR count). The zero-order valence-corrected chi connectivity index (χ0v) is 13.7. The van der Waals surface area contributed by atoms with Crippen molar-refractivity contribution in [3.8, 4) is 0 Å². The molecule has 3 heterocycles. The van der Waals surface area contributed by atoms with E-state index in [1.165, 1.54) is 12.1 Å². The maximum Gasteiger partial charge on any atom is 0.274 e. The van der Waals surface area contributed by atoms with Crippen LogP contribution in [0.4, 0.5) is 0 Å². The van der Waals surface area contributed by atoms with Crippen molar-refractivity contribution >= 4 is 5.91 Å². The zero-order valence-electron chi connectivity index (χ0n) is 13.7. The highest BCUT2D eigenvalue weighted by Crippen LogP contribution is 2.22. The number of piperazine rings is 1. The van der Waals surface area contributed by atoms with Crippen LogP contribution in [0, 0.1) is 0 Å². The number of aromatic nitrogens is 2. The van der Waals surface area contributed by atoms with Crippen LogP contribution < -0.4 is 0 Å². The van der Waals surface area contributed by atoms with Crippen LogP contribution in [0.2, 0.25) is 0 Å². The van der Waals surface area contributed by atoms with E-state index in [1.807, 2.05) is 9.58 Å². The lowest BCUT2D eigenvalue weighted by Crippen LogP contribution is -2.49. The zero-order chi connectivity index (χ0) is 15.5. The van der Waals surface area contributed by atoms with Gasteiger partial charge in [-0.1, -0.05) is 6.92 Å². The van der Waals surface area contributed by atoms with Gasteiger partial charge in [0, 0.05) is 50.4 Å². The number of hydrogen-bond acceptors (Lipinski definition) is 4. The lowest BCUT2D eigenvalue weighted by molar-refractivity contribution is 0.0621. The molecule has 1 aromatic heterocycles. The molecule has 122 valence electrons. The molecule has 1 saturated heterocycles. The van der Waals surface area contributed by atoms with Crippen LogP contribution in [0.25, 0.3) is 0 Å². The van der Waals surface area contributed by atoms with E-state index < -0.39 is 0 Å². The largest absolute Gasteiger partial charge is 0.376 e. The molecule has 0 unspecified atom stereocenters. The molecule has 2 aliphatic rings. The van der Waals surface area contributed by atoms with Crippen molar-refractivity contribution in [3.05, 3.63) is 17.0 Å². The standard InChI is InChI=1S/C16H26N4O2/c1-3-6-18-7-9-19(10-8-18)16(21)15-13-12-22-11-5-14(13)20(4-2)17-15/h3-12H2,1-2H3. The topological polar surface area (TPSA) is 50.6 Å². The average Bonchev–Trinajstić information content (AvgIpc) is 2.94. The smallest absolute Gasteiger partial charge is 0.274 e. The van der Waals surface area contributed by atoms with E-state index in [0.717, 1.165) is 57.9 Å². The van der Waals surface area contributed by atoms with E-state index in [2.05, 4.69) is 23.8 Å². The molecule has 6 nitrogen and oxygen atoms in total. The number of carbonyl (C=O) groups excluding carboxylic acids is 1. The Bertz CT molecular complexity index is 532. The van der Waals surface area contributed by atoms with Crippen molar-refractivity contribution in [3.63, 3.8) is 0 Å². The fourth-order valence-electron chi connectivity index (χ4n) is 3.38. The summed E-state index contributed by atoms with van der Waals surface area (Å²) in [6.07, 6.45) is 2.02. The summed E-state index contributed by atoms with van der Waals surface area (Å²) >= 11 is 0. The first kappa shape index (κ1) is 15.5. The summed E-state index contributed by atoms with van der Waals surface area (Å²) in [5.41, 5.74) is 2.80. The van der Waals surface area contributed by atoms with Gasteiger partial charge >= 0.3 is 0 Å². The second kappa shape index (κ2) is 6.79. The van der Waals surface area contributed by atoms with E-state index in [-0.39, 0.29) is 5.91 Å². The van der Waals surface area contributed by atoms with E-state index in [4.69, 9.17) is 4.74 Å². The van der Waals surface area contributed by atoms with Gasteiger partial charge in [0.25, 0.3) is 5.91 Å². The number of carbonyl (C=O) groups is 1. The van der Waals surface area contributed by atoms with Crippen LogP contribution in [0.5, 0.6) is 0 Å². The minimum atomic E-state index is 0.0742. The Morgan fingerprint density at radius 1 is 1.23 bits per heavy atom. The van der Waals surface area contributed by atoms with E-state index >= 15 is 0 Å². The Hall–Kier alpha value is -1.40. The highest BCUT2D eigenvalue weighted by atomic mass is 16.5. The molecule has 0 atom stereocenters. The van der Waals surface area contributed by atoms with Crippen molar-refractivity contribution in [1.29, 1.82) is 0 Å². The fraction of sp³-hybridized carbons (Fsp3) is 0.750. The van der Waals surface area contributed by atoms with Gasteiger partial charge in [0.1, 0.15) is 0 Å². The number of rotatable bonds is 4. The first-order valence-corrected chi connectivity index (χ1v) is 8.42. The molecule has 0 spiro atoms. The Morgan fingerprint density at radius 2 is 2.00 bits per heavy atom. The van der Waals surface area contributed by atoms with Gasteiger partial charge in [0.15, 0.2) is 5.69 Å². The van der Waals surface area contributed by atoms with Crippen molar-refractivity contribution in [2.24, 2.45) is 0 Å². The summed E-state index contributed by atoms with van der Waals surface area (Å²) in [5.74, 6) is 0.0742. The molecule has 2 aliphatic heterocycles. The molecule has 22 heavy (non-hydrogen) atoms. The number of hydrogen-bond donors (Lipinski definition) is 0. The molecule has 1 aromatic rings. The maximum atomic E-state index is 12.8. The van der Waals surface area contributed by atoms with Gasteiger partial charge in [-0.25, -0.2) is 0 Å². The molecule has 0 N–H and O–H groups in total. The van der Waals surface area contributed by atoms with Crippen LogP contribution >= 0.6 is 0 Å². The quantitative estimate of drug-likeness (QED) is 0.837. The predicted octanol–water partition coefficient (Wildman–Crippen LogP) is 1.14. The number of aryl methyl sites for hydroxylation is 1. The Kier molecular flexibility index (Phi) is 4.78. The average molecular weight is 306 g/mol. The summed E-state index contributed by atoms with van der Waals surface area (Å²) < 4.78 is 7.52. The lowest BCUT2D eigenvalue weighted by Gasteiger charge is -2.34. The van der Waals surface area contributed by atoms with Crippen molar-refractivity contribution in [2.45, 2.75) is 39.8 Å². The number of ether oxygens (including phenoxy) is 1. The number of amides is 1. The third-order valence-corrected chi connectivity index (χ3v) is 4.60. The first-order chi connectivity index (χ1) is 10.7. The Balaban J connectivity index is 1.74. The van der Waals surface area contributed by atoms with Gasteiger partial charge in [-0.2, -0.15) is 5.10 Å². The molecule has 0 aliphatic carbocycles. The van der Waals surface area contributed by atoms with Gasteiger partial charge in [-0.15, -0.1) is 0 Å². The molecule has 1 amide bonds. The fourth-order valence-corrected chi connectivity index (χ4v) is 3.38. The maximum absolute atomic E-state index is 12.8. The van der Waals surface area contributed by atoms with E-state index in [1.54, 1.807) is 0 Å². The molecule has 1 fully saturated rings. The summed E-state index contributed by atoms with van der Waals surface area (Å²) in [4.78, 5) is 17.2. The van der Waals surface area contributed by atoms with Gasteiger partial charge in [0.2, 0.25) is 0 Å². The second-order valence-corrected chi connectivity index (χ2v) is 6.03. The van der Waals surface area contributed by atoms with Crippen molar-refractivity contribution in [2.75, 3.05) is 39.3 Å². The van der Waals surface area contributed by atoms with Crippen molar-refractivity contribution < 1.29 is 9.53 Å².